The number of hydrogen-bond acceptors (Lipinski definition) is 4. The van der Waals surface area contributed by atoms with Crippen molar-refractivity contribution in [1.82, 2.24) is 4.90 Å². The summed E-state index contributed by atoms with van der Waals surface area (Å²) in [5.74, 6) is -0.539. The molecule has 1 aliphatic heterocycles. The zero-order chi connectivity index (χ0) is 11.3. The fourth-order valence-electron chi connectivity index (χ4n) is 1.37. The van der Waals surface area contributed by atoms with Gasteiger partial charge in [0.15, 0.2) is 6.10 Å². The number of methoxy groups -OCH3 is 1. The number of esters is 1. The van der Waals surface area contributed by atoms with Gasteiger partial charge < -0.3 is 14.4 Å². The molecule has 0 aromatic carbocycles. The Morgan fingerprint density at radius 1 is 1.53 bits per heavy atom. The quantitative estimate of drug-likeness (QED) is 0.477. The molecule has 1 aliphatic rings. The van der Waals surface area contributed by atoms with E-state index in [1.54, 1.807) is 17.9 Å². The van der Waals surface area contributed by atoms with E-state index in [0.29, 0.717) is 13.2 Å². The first kappa shape index (κ1) is 11.7. The van der Waals surface area contributed by atoms with Crippen molar-refractivity contribution in [3.8, 4) is 0 Å². The average Bonchev–Trinajstić information content (AvgIpc) is 2.28. The van der Waals surface area contributed by atoms with Crippen LogP contribution in [0.15, 0.2) is 12.2 Å². The van der Waals surface area contributed by atoms with Crippen molar-refractivity contribution < 1.29 is 19.1 Å². The summed E-state index contributed by atoms with van der Waals surface area (Å²) >= 11 is 0. The third kappa shape index (κ3) is 3.06. The minimum Gasteiger partial charge on any atom is -0.467 e. The highest BCUT2D eigenvalue weighted by atomic mass is 16.6. The molecule has 1 saturated heterocycles. The van der Waals surface area contributed by atoms with Crippen LogP contribution in [0.25, 0.3) is 0 Å². The van der Waals surface area contributed by atoms with Crippen LogP contribution in [-0.2, 0) is 19.1 Å². The molecule has 0 N–H and O–H groups in total. The molecule has 0 spiro atoms. The first-order valence-electron chi connectivity index (χ1n) is 4.80. The Bertz CT molecular complexity index is 275. The van der Waals surface area contributed by atoms with Gasteiger partial charge in [0.05, 0.1) is 20.3 Å². The van der Waals surface area contributed by atoms with Crippen molar-refractivity contribution in [1.29, 1.82) is 0 Å². The fraction of sp³-hybridized carbons (Fsp3) is 0.600. The van der Waals surface area contributed by atoms with Crippen LogP contribution in [0.1, 0.15) is 6.92 Å². The van der Waals surface area contributed by atoms with Crippen molar-refractivity contribution in [3.05, 3.63) is 12.2 Å². The van der Waals surface area contributed by atoms with Crippen LogP contribution in [0, 0.1) is 0 Å². The summed E-state index contributed by atoms with van der Waals surface area (Å²) in [6.45, 7) is 2.91. The van der Waals surface area contributed by atoms with Crippen LogP contribution in [0.3, 0.4) is 0 Å². The van der Waals surface area contributed by atoms with E-state index in [9.17, 15) is 9.59 Å². The lowest BCUT2D eigenvalue weighted by molar-refractivity contribution is -0.161. The van der Waals surface area contributed by atoms with Crippen LogP contribution in [0.4, 0.5) is 0 Å². The molecule has 1 rings (SSSR count). The molecule has 0 radical (unpaired) electrons. The summed E-state index contributed by atoms with van der Waals surface area (Å²) in [6.07, 6.45) is 2.49. The van der Waals surface area contributed by atoms with Gasteiger partial charge in [-0.25, -0.2) is 4.79 Å². The van der Waals surface area contributed by atoms with Gasteiger partial charge in [0, 0.05) is 6.54 Å². The molecule has 0 saturated carbocycles. The zero-order valence-electron chi connectivity index (χ0n) is 8.93. The molecule has 1 atom stereocenters. The predicted molar refractivity (Wildman–Crippen MR) is 53.2 cm³/mol. The second kappa shape index (κ2) is 5.50. The van der Waals surface area contributed by atoms with Gasteiger partial charge in [-0.2, -0.15) is 0 Å². The van der Waals surface area contributed by atoms with Crippen LogP contribution >= 0.6 is 0 Å². The lowest BCUT2D eigenvalue weighted by Crippen LogP contribution is -2.48. The van der Waals surface area contributed by atoms with Gasteiger partial charge in [0.2, 0.25) is 5.91 Å². The van der Waals surface area contributed by atoms with Crippen molar-refractivity contribution in [2.24, 2.45) is 0 Å². The van der Waals surface area contributed by atoms with Gasteiger partial charge in [-0.15, -0.1) is 0 Å². The molecule has 1 fully saturated rings. The molecule has 5 nitrogen and oxygen atoms in total. The Kier molecular flexibility index (Phi) is 4.30. The lowest BCUT2D eigenvalue weighted by atomic mass is 10.2. The summed E-state index contributed by atoms with van der Waals surface area (Å²) in [5, 5.41) is 0. The number of rotatable bonds is 2. The molecule has 5 heteroatoms. The van der Waals surface area contributed by atoms with Crippen molar-refractivity contribution in [3.63, 3.8) is 0 Å². The van der Waals surface area contributed by atoms with E-state index in [-0.39, 0.29) is 12.5 Å². The lowest BCUT2D eigenvalue weighted by Gasteiger charge is -2.30. The molecule has 84 valence electrons. The van der Waals surface area contributed by atoms with E-state index in [4.69, 9.17) is 4.74 Å². The summed E-state index contributed by atoms with van der Waals surface area (Å²) in [6, 6.07) is 0. The third-order valence-corrected chi connectivity index (χ3v) is 2.15. The Labute approximate surface area is 88.6 Å². The molecule has 15 heavy (non-hydrogen) atoms. The van der Waals surface area contributed by atoms with E-state index in [1.165, 1.54) is 13.2 Å². The SMILES string of the molecule is C/C=C/C(=O)N1CCOC(C(=O)OC)C1. The molecule has 0 aromatic heterocycles. The number of carbonyl (C=O) groups excluding carboxylic acids is 2. The van der Waals surface area contributed by atoms with Gasteiger partial charge >= 0.3 is 5.97 Å². The van der Waals surface area contributed by atoms with Gasteiger partial charge in [0.25, 0.3) is 0 Å². The number of allylic oxidation sites excluding steroid dienone is 1. The molecule has 1 unspecified atom stereocenters. The Balaban J connectivity index is 2.56. The molecule has 0 aromatic rings. The summed E-state index contributed by atoms with van der Waals surface area (Å²) in [4.78, 5) is 24.3. The van der Waals surface area contributed by atoms with Gasteiger partial charge in [-0.05, 0) is 13.0 Å². The smallest absolute Gasteiger partial charge is 0.336 e. The van der Waals surface area contributed by atoms with E-state index in [2.05, 4.69) is 4.74 Å². The molecular formula is C10H15NO4. The molecule has 0 bridgehead atoms. The highest BCUT2D eigenvalue weighted by molar-refractivity contribution is 5.88. The van der Waals surface area contributed by atoms with Gasteiger partial charge in [0.1, 0.15) is 0 Å². The number of ether oxygens (including phenoxy) is 2. The molecule has 1 amide bonds. The third-order valence-electron chi connectivity index (χ3n) is 2.15. The minimum atomic E-state index is -0.655. The Hall–Kier alpha value is -1.36. The number of hydrogen-bond donors (Lipinski definition) is 0. The average molecular weight is 213 g/mol. The first-order chi connectivity index (χ1) is 7.19. The van der Waals surface area contributed by atoms with E-state index >= 15 is 0 Å². The summed E-state index contributed by atoms with van der Waals surface area (Å²) < 4.78 is 9.75. The highest BCUT2D eigenvalue weighted by Gasteiger charge is 2.28. The standard InChI is InChI=1S/C10H15NO4/c1-3-4-9(12)11-5-6-15-8(7-11)10(13)14-2/h3-4,8H,5-7H2,1-2H3/b4-3+. The predicted octanol–water partition coefficient (Wildman–Crippen LogP) is -0.0371. The molecular weight excluding hydrogens is 198 g/mol. The van der Waals surface area contributed by atoms with E-state index < -0.39 is 12.1 Å². The zero-order valence-corrected chi connectivity index (χ0v) is 8.93. The van der Waals surface area contributed by atoms with Crippen molar-refractivity contribution >= 4 is 11.9 Å². The number of amides is 1. The maximum atomic E-state index is 11.5. The monoisotopic (exact) mass is 213 g/mol. The topological polar surface area (TPSA) is 55.8 Å². The highest BCUT2D eigenvalue weighted by Crippen LogP contribution is 2.07. The van der Waals surface area contributed by atoms with E-state index in [1.807, 2.05) is 0 Å². The number of carbonyl (C=O) groups is 2. The second-order valence-electron chi connectivity index (χ2n) is 3.17. The van der Waals surface area contributed by atoms with Crippen molar-refractivity contribution in [2.45, 2.75) is 13.0 Å². The second-order valence-corrected chi connectivity index (χ2v) is 3.17. The van der Waals surface area contributed by atoms with Gasteiger partial charge in [-0.1, -0.05) is 6.08 Å². The maximum Gasteiger partial charge on any atom is 0.336 e. The normalized spacial score (nSPS) is 21.7. The summed E-state index contributed by atoms with van der Waals surface area (Å²) in [5.41, 5.74) is 0. The van der Waals surface area contributed by atoms with Crippen molar-refractivity contribution in [2.75, 3.05) is 26.8 Å². The molecule has 0 aliphatic carbocycles. The van der Waals surface area contributed by atoms with E-state index in [0.717, 1.165) is 0 Å². The Morgan fingerprint density at radius 2 is 2.27 bits per heavy atom. The largest absolute Gasteiger partial charge is 0.467 e. The number of nitrogens with zero attached hydrogens (tertiary/aromatic N) is 1. The summed E-state index contributed by atoms with van der Waals surface area (Å²) in [7, 11) is 1.30. The van der Waals surface area contributed by atoms with Crippen LogP contribution in [0.2, 0.25) is 0 Å². The minimum absolute atomic E-state index is 0.102. The van der Waals surface area contributed by atoms with Crippen LogP contribution < -0.4 is 0 Å². The fourth-order valence-corrected chi connectivity index (χ4v) is 1.37. The molecule has 1 heterocycles. The van der Waals surface area contributed by atoms with Crippen LogP contribution in [-0.4, -0.2) is 49.7 Å². The first-order valence-corrected chi connectivity index (χ1v) is 4.80. The van der Waals surface area contributed by atoms with Gasteiger partial charge in [-0.3, -0.25) is 4.79 Å². The van der Waals surface area contributed by atoms with Crippen LogP contribution in [0.5, 0.6) is 0 Å². The Morgan fingerprint density at radius 3 is 2.87 bits per heavy atom. The number of morpholine rings is 1. The maximum absolute atomic E-state index is 11.5.